The second-order valence-electron chi connectivity index (χ2n) is 4.86. The maximum absolute atomic E-state index is 5.03. The van der Waals surface area contributed by atoms with E-state index in [1.54, 1.807) is 0 Å². The van der Waals surface area contributed by atoms with Crippen molar-refractivity contribution in [2.45, 2.75) is 31.5 Å². The smallest absolute Gasteiger partial charge is 0.108 e. The summed E-state index contributed by atoms with van der Waals surface area (Å²) in [5.41, 5.74) is 0. The van der Waals surface area contributed by atoms with Crippen LogP contribution < -0.4 is 5.84 Å². The zero-order valence-electron chi connectivity index (χ0n) is 8.79. The minimum atomic E-state index is 0.114. The molecule has 2 aliphatic heterocycles. The molecule has 0 radical (unpaired) electrons. The summed E-state index contributed by atoms with van der Waals surface area (Å²) in [5, 5.41) is 7.22. The molecule has 1 aliphatic carbocycles. The van der Waals surface area contributed by atoms with Crippen LogP contribution in [0.25, 0.3) is 0 Å². The van der Waals surface area contributed by atoms with Gasteiger partial charge in [-0.1, -0.05) is 5.22 Å². The molecule has 15 heavy (non-hydrogen) atoms. The van der Waals surface area contributed by atoms with Gasteiger partial charge >= 0.3 is 0 Å². The molecule has 2 fully saturated rings. The lowest BCUT2D eigenvalue weighted by Gasteiger charge is -2.28. The number of rotatable bonds is 2. The Labute approximate surface area is 89.4 Å². The lowest BCUT2D eigenvalue weighted by atomic mass is 10.1. The molecule has 1 saturated heterocycles. The van der Waals surface area contributed by atoms with E-state index in [4.69, 9.17) is 5.84 Å². The maximum Gasteiger partial charge on any atom is 0.108 e. The van der Waals surface area contributed by atoms with Crippen LogP contribution in [0.15, 0.2) is 15.3 Å². The summed E-state index contributed by atoms with van der Waals surface area (Å²) in [6, 6.07) is 0.114. The second-order valence-corrected chi connectivity index (χ2v) is 4.86. The summed E-state index contributed by atoms with van der Waals surface area (Å²) in [4.78, 5) is 7.08. The predicted octanol–water partition coefficient (Wildman–Crippen LogP) is 0.823. The normalized spacial score (nSPS) is 44.8. The standard InChI is InChI=1S/C10H17N5/c11-14-13-9-1-2-10(12-4-9)15-5-7-3-8(7)6-15/h4,7-10H,1-3,5-6H2,(H2,11,13). The number of hydrogen-bond acceptors (Lipinski definition) is 4. The zero-order chi connectivity index (χ0) is 10.3. The van der Waals surface area contributed by atoms with Gasteiger partial charge in [-0.3, -0.25) is 9.89 Å². The molecule has 4 unspecified atom stereocenters. The highest BCUT2D eigenvalue weighted by atomic mass is 15.3. The molecule has 3 rings (SSSR count). The molecule has 0 aromatic heterocycles. The van der Waals surface area contributed by atoms with Crippen LogP contribution in [0, 0.1) is 11.8 Å². The monoisotopic (exact) mass is 207 g/mol. The van der Waals surface area contributed by atoms with E-state index >= 15 is 0 Å². The fraction of sp³-hybridized carbons (Fsp3) is 0.900. The fourth-order valence-electron chi connectivity index (χ4n) is 2.80. The minimum Gasteiger partial charge on any atom is -0.305 e. The lowest BCUT2D eigenvalue weighted by Crippen LogP contribution is -2.36. The zero-order valence-corrected chi connectivity index (χ0v) is 8.79. The highest BCUT2D eigenvalue weighted by molar-refractivity contribution is 5.65. The number of nitrogens with two attached hydrogens (primary N) is 1. The molecule has 2 N–H and O–H groups in total. The highest BCUT2D eigenvalue weighted by Crippen LogP contribution is 2.46. The first kappa shape index (κ1) is 9.27. The van der Waals surface area contributed by atoms with Gasteiger partial charge in [0, 0.05) is 19.3 Å². The van der Waals surface area contributed by atoms with E-state index < -0.39 is 0 Å². The van der Waals surface area contributed by atoms with E-state index in [0.29, 0.717) is 6.17 Å². The van der Waals surface area contributed by atoms with Crippen molar-refractivity contribution in [2.75, 3.05) is 13.1 Å². The Balaban J connectivity index is 1.58. The molecule has 1 saturated carbocycles. The van der Waals surface area contributed by atoms with Crippen molar-refractivity contribution in [1.29, 1.82) is 0 Å². The van der Waals surface area contributed by atoms with Crippen LogP contribution in [0.3, 0.4) is 0 Å². The summed E-state index contributed by atoms with van der Waals surface area (Å²) in [5.74, 6) is 7.00. The van der Waals surface area contributed by atoms with Crippen LogP contribution >= 0.6 is 0 Å². The fourth-order valence-corrected chi connectivity index (χ4v) is 2.80. The van der Waals surface area contributed by atoms with Crippen molar-refractivity contribution in [2.24, 2.45) is 33.0 Å². The molecule has 0 aromatic rings. The molecule has 0 amide bonds. The molecule has 0 aromatic carbocycles. The maximum atomic E-state index is 5.03. The third-order valence-electron chi connectivity index (χ3n) is 3.79. The average Bonchev–Trinajstić information content (AvgIpc) is 2.87. The quantitative estimate of drug-likeness (QED) is 0.414. The first-order valence-electron chi connectivity index (χ1n) is 5.74. The van der Waals surface area contributed by atoms with Gasteiger partial charge in [-0.25, -0.2) is 0 Å². The van der Waals surface area contributed by atoms with E-state index in [1.165, 1.54) is 19.5 Å². The Morgan fingerprint density at radius 2 is 2.07 bits per heavy atom. The lowest BCUT2D eigenvalue weighted by molar-refractivity contribution is 0.206. The Hall–Kier alpha value is -0.970. The van der Waals surface area contributed by atoms with E-state index in [0.717, 1.165) is 24.7 Å². The van der Waals surface area contributed by atoms with Gasteiger partial charge in [0.05, 0.1) is 0 Å². The van der Waals surface area contributed by atoms with Crippen LogP contribution in [0.4, 0.5) is 0 Å². The summed E-state index contributed by atoms with van der Waals surface area (Å²) >= 11 is 0. The summed E-state index contributed by atoms with van der Waals surface area (Å²) < 4.78 is 0. The largest absolute Gasteiger partial charge is 0.305 e. The van der Waals surface area contributed by atoms with Gasteiger partial charge in [0.1, 0.15) is 12.2 Å². The van der Waals surface area contributed by atoms with Crippen LogP contribution in [-0.4, -0.2) is 36.4 Å². The summed E-state index contributed by atoms with van der Waals surface area (Å²) in [6.07, 6.45) is 5.90. The van der Waals surface area contributed by atoms with E-state index in [2.05, 4.69) is 20.2 Å². The molecular formula is C10H17N5. The number of nitrogens with zero attached hydrogens (tertiary/aromatic N) is 4. The number of aliphatic imine (C=N–C) groups is 1. The molecule has 5 heteroatoms. The second kappa shape index (κ2) is 3.56. The SMILES string of the molecule is NN=NC1C=NC(N2CC3CC3C2)CC1. The van der Waals surface area contributed by atoms with Crippen LogP contribution in [0.5, 0.6) is 0 Å². The molecule has 2 heterocycles. The van der Waals surface area contributed by atoms with Gasteiger partial charge in [0.15, 0.2) is 0 Å². The molecule has 3 aliphatic rings. The third-order valence-corrected chi connectivity index (χ3v) is 3.79. The van der Waals surface area contributed by atoms with E-state index in [-0.39, 0.29) is 6.04 Å². The van der Waals surface area contributed by atoms with Crippen molar-refractivity contribution < 1.29 is 0 Å². The van der Waals surface area contributed by atoms with Gasteiger partial charge in [-0.15, -0.1) is 0 Å². The molecular weight excluding hydrogens is 190 g/mol. The van der Waals surface area contributed by atoms with Crippen molar-refractivity contribution in [3.8, 4) is 0 Å². The number of fused-ring (bicyclic) bond motifs is 1. The topological polar surface area (TPSA) is 66.3 Å². The van der Waals surface area contributed by atoms with Gasteiger partial charge in [-0.05, 0) is 31.1 Å². The van der Waals surface area contributed by atoms with Gasteiger partial charge in [0.25, 0.3) is 0 Å². The van der Waals surface area contributed by atoms with Gasteiger partial charge in [0.2, 0.25) is 0 Å². The third kappa shape index (κ3) is 1.76. The summed E-state index contributed by atoms with van der Waals surface area (Å²) in [6.45, 7) is 2.52. The number of hydrogen-bond donors (Lipinski definition) is 1. The number of likely N-dealkylation sites (tertiary alicyclic amines) is 1. The van der Waals surface area contributed by atoms with Gasteiger partial charge < -0.3 is 5.84 Å². The molecule has 4 atom stereocenters. The minimum absolute atomic E-state index is 0.114. The Morgan fingerprint density at radius 1 is 1.27 bits per heavy atom. The Kier molecular flexibility index (Phi) is 2.20. The molecule has 5 nitrogen and oxygen atoms in total. The van der Waals surface area contributed by atoms with Crippen molar-refractivity contribution >= 4 is 6.21 Å². The Bertz CT molecular complexity index is 290. The number of piperidine rings is 1. The molecule has 0 bridgehead atoms. The van der Waals surface area contributed by atoms with Crippen LogP contribution in [0.1, 0.15) is 19.3 Å². The van der Waals surface area contributed by atoms with E-state index in [1.807, 2.05) is 6.21 Å². The predicted molar refractivity (Wildman–Crippen MR) is 57.5 cm³/mol. The van der Waals surface area contributed by atoms with Crippen LogP contribution in [0.2, 0.25) is 0 Å². The summed E-state index contributed by atoms with van der Waals surface area (Å²) in [7, 11) is 0. The average molecular weight is 207 g/mol. The first-order chi connectivity index (χ1) is 7.36. The molecule has 0 spiro atoms. The van der Waals surface area contributed by atoms with Gasteiger partial charge in [-0.2, -0.15) is 5.11 Å². The van der Waals surface area contributed by atoms with Crippen LogP contribution in [-0.2, 0) is 0 Å². The van der Waals surface area contributed by atoms with Crippen molar-refractivity contribution in [1.82, 2.24) is 4.90 Å². The Morgan fingerprint density at radius 3 is 2.67 bits per heavy atom. The highest BCUT2D eigenvalue weighted by Gasteiger charge is 2.46. The van der Waals surface area contributed by atoms with Crippen molar-refractivity contribution in [3.63, 3.8) is 0 Å². The molecule has 82 valence electrons. The van der Waals surface area contributed by atoms with Crippen molar-refractivity contribution in [3.05, 3.63) is 0 Å². The first-order valence-corrected chi connectivity index (χ1v) is 5.74. The van der Waals surface area contributed by atoms with E-state index in [9.17, 15) is 0 Å².